The van der Waals surface area contributed by atoms with Gasteiger partial charge in [-0.25, -0.2) is 9.97 Å². The van der Waals surface area contributed by atoms with Crippen LogP contribution >= 0.6 is 0 Å². The van der Waals surface area contributed by atoms with Crippen LogP contribution in [0.4, 0.5) is 22.7 Å². The Hall–Kier alpha value is -11.8. The van der Waals surface area contributed by atoms with E-state index in [1.54, 1.807) is 0 Å². The van der Waals surface area contributed by atoms with Crippen LogP contribution < -0.4 is 21.3 Å². The summed E-state index contributed by atoms with van der Waals surface area (Å²) < 4.78 is 0. The van der Waals surface area contributed by atoms with Crippen molar-refractivity contribution in [1.29, 1.82) is 0 Å². The van der Waals surface area contributed by atoms with Gasteiger partial charge in [-0.2, -0.15) is 0 Å². The number of amides is 4. The van der Waals surface area contributed by atoms with Gasteiger partial charge in [-0.05, 0) is 187 Å². The minimum absolute atomic E-state index is 0.227. The largest absolute Gasteiger partial charge is 0.355 e. The van der Waals surface area contributed by atoms with E-state index in [1.165, 1.54) is 0 Å². The van der Waals surface area contributed by atoms with Gasteiger partial charge >= 0.3 is 0 Å². The van der Waals surface area contributed by atoms with Crippen molar-refractivity contribution < 1.29 is 19.2 Å². The van der Waals surface area contributed by atoms with E-state index in [1.807, 2.05) is 231 Å². The van der Waals surface area contributed by atoms with Crippen LogP contribution in [0.1, 0.15) is 118 Å². The third-order valence-electron chi connectivity index (χ3n) is 17.4. The predicted octanol–water partition coefficient (Wildman–Crippen LogP) is 18.3. The number of rotatable bonds is 8. The second-order valence-corrected chi connectivity index (χ2v) is 24.8. The molecule has 0 aliphatic carbocycles. The number of H-pyrrole nitrogens is 2. The monoisotopic (exact) mass is 1210 g/mol. The van der Waals surface area contributed by atoms with Crippen LogP contribution in [0, 0.1) is 12.3 Å². The van der Waals surface area contributed by atoms with Crippen molar-refractivity contribution >= 4 is 92.7 Å². The summed E-state index contributed by atoms with van der Waals surface area (Å²) in [7, 11) is 0. The number of aromatic amines is 2. The molecule has 0 spiro atoms. The Bertz CT molecular complexity index is 5100. The number of benzene rings is 8. The number of carbonyl (C=O) groups excluding carboxylic acids is 4. The Labute approximate surface area is 539 Å². The van der Waals surface area contributed by atoms with E-state index < -0.39 is 0 Å². The number of anilines is 4. The zero-order valence-corrected chi connectivity index (χ0v) is 51.9. The lowest BCUT2D eigenvalue weighted by Gasteiger charge is -2.25. The number of aryl methyl sites for hydroxylation is 2. The number of aromatic nitrogens is 4. The standard InChI is InChI=1S/C81H66N8O4/c1-5-50-18-13-24-56(42-50)77(90)82-59-27-16-22-54(45-59)74-68-35-33-66(83-68)62(46-53-21-6-9-30-63(53)87-78(91)55-23-12-17-49(2)41-55)67-34-36-70(84-67)75-60-28-7-10-31-64(60)88-79(92)57-25-14-19-51(43-57)47-81(3,4)48-52-20-15-26-58(44-52)80(93)89-65-32-11-8-29-61(65)76(71-38-37-69(74)85-71)73-40-39-72(75)86-73/h6-45,83,86H,5,46-48H2,1-4H3,(H,82,90)(H,87,91)(H,88,92)(H,89,93). The molecule has 6 heterocycles. The number of nitrogens with zero attached hydrogens (tertiary/aromatic N) is 2. The normalized spacial score (nSPS) is 13.2. The second-order valence-electron chi connectivity index (χ2n) is 24.8. The van der Waals surface area contributed by atoms with Gasteiger partial charge in [0, 0.05) is 107 Å². The molecule has 12 heteroatoms. The Kier molecular flexibility index (Phi) is 15.8. The van der Waals surface area contributed by atoms with Crippen LogP contribution in [0.3, 0.4) is 0 Å². The summed E-state index contributed by atoms with van der Waals surface area (Å²) in [6.07, 6.45) is 10.5. The number of para-hydroxylation sites is 3. The van der Waals surface area contributed by atoms with Crippen molar-refractivity contribution in [3.63, 3.8) is 0 Å². The molecular formula is C81H66N8O4. The molecule has 4 amide bonds. The smallest absolute Gasteiger partial charge is 0.255 e. The summed E-state index contributed by atoms with van der Waals surface area (Å²) in [5, 5.41) is 13.1. The van der Waals surface area contributed by atoms with Crippen LogP contribution in [-0.4, -0.2) is 43.6 Å². The Morgan fingerprint density at radius 1 is 0.473 bits per heavy atom. The van der Waals surface area contributed by atoms with Gasteiger partial charge in [-0.15, -0.1) is 0 Å². The highest BCUT2D eigenvalue weighted by atomic mass is 16.2. The van der Waals surface area contributed by atoms with E-state index in [-0.39, 0.29) is 29.0 Å². The Balaban J connectivity index is 1.04. The van der Waals surface area contributed by atoms with E-state index >= 15 is 0 Å². The first-order valence-electron chi connectivity index (χ1n) is 31.4. The maximum absolute atomic E-state index is 14.8. The van der Waals surface area contributed by atoms with Crippen LogP contribution in [0.2, 0.25) is 0 Å². The molecule has 14 bridgehead atoms. The van der Waals surface area contributed by atoms with Crippen LogP contribution in [0.25, 0.3) is 79.8 Å². The Morgan fingerprint density at radius 2 is 0.978 bits per heavy atom. The van der Waals surface area contributed by atoms with Crippen LogP contribution in [0.15, 0.2) is 218 Å². The first kappa shape index (κ1) is 58.9. The van der Waals surface area contributed by atoms with E-state index in [9.17, 15) is 19.2 Å². The molecule has 3 aliphatic heterocycles. The Morgan fingerprint density at radius 3 is 1.62 bits per heavy atom. The minimum Gasteiger partial charge on any atom is -0.355 e. The van der Waals surface area contributed by atoms with Crippen LogP contribution in [-0.2, 0) is 25.7 Å². The number of nitrogens with one attached hydrogen (secondary N) is 6. The lowest BCUT2D eigenvalue weighted by molar-refractivity contribution is 0.101. The van der Waals surface area contributed by atoms with E-state index in [4.69, 9.17) is 9.97 Å². The molecular weight excluding hydrogens is 1150 g/mol. The maximum atomic E-state index is 14.8. The molecule has 93 heavy (non-hydrogen) atoms. The molecule has 3 aromatic heterocycles. The molecule has 8 aromatic carbocycles. The van der Waals surface area contributed by atoms with E-state index in [0.717, 1.165) is 62.0 Å². The van der Waals surface area contributed by atoms with Gasteiger partial charge in [0.1, 0.15) is 0 Å². The molecule has 3 aliphatic rings. The fourth-order valence-electron chi connectivity index (χ4n) is 13.0. The zero-order valence-electron chi connectivity index (χ0n) is 51.9. The van der Waals surface area contributed by atoms with Gasteiger partial charge in [-0.1, -0.05) is 142 Å². The SMILES string of the molecule is CCc1cccc(C(=O)Nc2cccc(-c3c4nc(c5c6ccc([nH]6)c(c6nc(c(Cc7ccccc7NC(=O)c7cccc(C)c7)c7ccc3[nH]7)C=C6)-c3ccccc3NC(=O)c3cccc(c3)CC(C)(C)Cc3cccc(c3)C(=O)Nc3ccccc3-5)C=C4)c2)c1. The first-order chi connectivity index (χ1) is 45.3. The molecule has 0 saturated carbocycles. The van der Waals surface area contributed by atoms with Crippen molar-refractivity contribution in [2.45, 2.75) is 53.4 Å². The molecule has 454 valence electrons. The van der Waals surface area contributed by atoms with Crippen LogP contribution in [0.5, 0.6) is 0 Å². The van der Waals surface area contributed by atoms with E-state index in [0.29, 0.717) is 120 Å². The fraction of sp³-hybridized carbons (Fsp3) is 0.111. The third-order valence-corrected chi connectivity index (χ3v) is 17.4. The van der Waals surface area contributed by atoms with Crippen molar-refractivity contribution in [3.05, 3.63) is 297 Å². The lowest BCUT2D eigenvalue weighted by Crippen LogP contribution is -2.20. The predicted molar refractivity (Wildman–Crippen MR) is 377 cm³/mol. The van der Waals surface area contributed by atoms with Crippen molar-refractivity contribution in [2.24, 2.45) is 5.41 Å². The highest BCUT2D eigenvalue weighted by Crippen LogP contribution is 2.42. The molecule has 0 saturated heterocycles. The van der Waals surface area contributed by atoms with Gasteiger partial charge < -0.3 is 31.2 Å². The zero-order chi connectivity index (χ0) is 63.7. The molecule has 14 rings (SSSR count). The first-order valence-corrected chi connectivity index (χ1v) is 31.4. The molecule has 0 unspecified atom stereocenters. The summed E-state index contributed by atoms with van der Waals surface area (Å²) in [6, 6.07) is 70.2. The average molecular weight is 1220 g/mol. The minimum atomic E-state index is -0.264. The number of hydrogen-bond acceptors (Lipinski definition) is 6. The average Bonchev–Trinajstić information content (AvgIpc) is 1.75. The summed E-state index contributed by atoms with van der Waals surface area (Å²) in [5.74, 6) is -0.981. The van der Waals surface area contributed by atoms with E-state index in [2.05, 4.69) is 70.2 Å². The molecule has 12 nitrogen and oxygen atoms in total. The lowest BCUT2D eigenvalue weighted by atomic mass is 9.80. The van der Waals surface area contributed by atoms with Crippen molar-refractivity contribution in [2.75, 3.05) is 21.3 Å². The van der Waals surface area contributed by atoms with Crippen molar-refractivity contribution in [3.8, 4) is 33.4 Å². The highest BCUT2D eigenvalue weighted by Gasteiger charge is 2.26. The number of fused-ring (bicyclic) bond motifs is 16. The fourth-order valence-corrected chi connectivity index (χ4v) is 13.0. The molecule has 0 atom stereocenters. The summed E-state index contributed by atoms with van der Waals surface area (Å²) >= 11 is 0. The summed E-state index contributed by atoms with van der Waals surface area (Å²) in [4.78, 5) is 76.5. The topological polar surface area (TPSA) is 174 Å². The molecule has 11 aromatic rings. The number of hydrogen-bond donors (Lipinski definition) is 6. The molecule has 6 N–H and O–H groups in total. The van der Waals surface area contributed by atoms with Gasteiger partial charge in [0.25, 0.3) is 23.6 Å². The van der Waals surface area contributed by atoms with Crippen molar-refractivity contribution in [1.82, 2.24) is 19.9 Å². The summed E-state index contributed by atoms with van der Waals surface area (Å²) in [6.45, 7) is 8.45. The third kappa shape index (κ3) is 12.4. The molecule has 0 fully saturated rings. The summed E-state index contributed by atoms with van der Waals surface area (Å²) in [5.41, 5.74) is 19.8. The second kappa shape index (κ2) is 24.9. The maximum Gasteiger partial charge on any atom is 0.255 e. The quantitative estimate of drug-likeness (QED) is 0.0883. The van der Waals surface area contributed by atoms with Gasteiger partial charge in [0.15, 0.2) is 0 Å². The van der Waals surface area contributed by atoms with Gasteiger partial charge in [0.2, 0.25) is 0 Å². The van der Waals surface area contributed by atoms with Gasteiger partial charge in [0.05, 0.1) is 22.8 Å². The molecule has 0 radical (unpaired) electrons. The van der Waals surface area contributed by atoms with Gasteiger partial charge in [-0.3, -0.25) is 19.2 Å². The number of carbonyl (C=O) groups is 4. The highest BCUT2D eigenvalue weighted by molar-refractivity contribution is 6.11.